The maximum Gasteiger partial charge on any atom is 0.315 e. The van der Waals surface area contributed by atoms with E-state index in [0.717, 1.165) is 0 Å². The molecule has 0 aromatic carbocycles. The average molecular weight is 252 g/mol. The first-order valence-electron chi connectivity index (χ1n) is 4.44. The van der Waals surface area contributed by atoms with Crippen LogP contribution in [0.2, 0.25) is 0 Å². The molecule has 15 heavy (non-hydrogen) atoms. The number of sulfone groups is 1. The van der Waals surface area contributed by atoms with E-state index in [1.165, 1.54) is 0 Å². The summed E-state index contributed by atoms with van der Waals surface area (Å²) in [7, 11) is -2.89. The molecular formula is C7H10ClN3O3S. The van der Waals surface area contributed by atoms with Gasteiger partial charge in [0, 0.05) is 6.04 Å². The van der Waals surface area contributed by atoms with Crippen molar-refractivity contribution in [3.05, 3.63) is 5.89 Å². The Morgan fingerprint density at radius 1 is 1.53 bits per heavy atom. The van der Waals surface area contributed by atoms with Crippen LogP contribution < -0.4 is 5.32 Å². The first kappa shape index (κ1) is 10.7. The van der Waals surface area contributed by atoms with Crippen LogP contribution in [0, 0.1) is 0 Å². The van der Waals surface area contributed by atoms with Crippen molar-refractivity contribution >= 4 is 27.5 Å². The molecule has 1 aromatic heterocycles. The monoisotopic (exact) mass is 251 g/mol. The van der Waals surface area contributed by atoms with E-state index in [2.05, 4.69) is 15.5 Å². The SMILES string of the molecule is O=S1(=O)CCC(Nc2nnc(CCl)o2)C1. The fourth-order valence-electron chi connectivity index (χ4n) is 1.45. The number of hydrogen-bond acceptors (Lipinski definition) is 6. The summed E-state index contributed by atoms with van der Waals surface area (Å²) in [6, 6.07) is 0.0892. The number of anilines is 1. The Morgan fingerprint density at radius 2 is 2.33 bits per heavy atom. The van der Waals surface area contributed by atoms with Crippen molar-refractivity contribution in [3.8, 4) is 0 Å². The normalized spacial score (nSPS) is 24.2. The van der Waals surface area contributed by atoms with Crippen molar-refractivity contribution in [2.45, 2.75) is 18.3 Å². The third-order valence-corrected chi connectivity index (χ3v) is 4.14. The van der Waals surface area contributed by atoms with Crippen LogP contribution in [-0.2, 0) is 15.7 Å². The molecule has 1 fully saturated rings. The van der Waals surface area contributed by atoms with Crippen molar-refractivity contribution in [2.24, 2.45) is 0 Å². The fraction of sp³-hybridized carbons (Fsp3) is 0.714. The van der Waals surface area contributed by atoms with Crippen LogP contribution in [0.5, 0.6) is 0 Å². The van der Waals surface area contributed by atoms with Crippen LogP contribution in [0.15, 0.2) is 4.42 Å². The summed E-state index contributed by atoms with van der Waals surface area (Å²) < 4.78 is 27.4. The van der Waals surface area contributed by atoms with E-state index >= 15 is 0 Å². The van der Waals surface area contributed by atoms with Crippen molar-refractivity contribution in [3.63, 3.8) is 0 Å². The van der Waals surface area contributed by atoms with E-state index in [4.69, 9.17) is 16.0 Å². The smallest absolute Gasteiger partial charge is 0.315 e. The number of rotatable bonds is 3. The van der Waals surface area contributed by atoms with Crippen molar-refractivity contribution in [1.29, 1.82) is 0 Å². The molecule has 1 saturated heterocycles. The molecule has 1 unspecified atom stereocenters. The highest BCUT2D eigenvalue weighted by Gasteiger charge is 2.28. The van der Waals surface area contributed by atoms with E-state index in [1.807, 2.05) is 0 Å². The maximum absolute atomic E-state index is 11.2. The highest BCUT2D eigenvalue weighted by atomic mass is 35.5. The predicted molar refractivity (Wildman–Crippen MR) is 54.5 cm³/mol. The molecule has 1 N–H and O–H groups in total. The summed E-state index contributed by atoms with van der Waals surface area (Å²) >= 11 is 5.48. The quantitative estimate of drug-likeness (QED) is 0.783. The van der Waals surface area contributed by atoms with Gasteiger partial charge in [-0.05, 0) is 6.42 Å². The molecule has 0 radical (unpaired) electrons. The Kier molecular flexibility index (Phi) is 2.83. The van der Waals surface area contributed by atoms with Gasteiger partial charge in [0.2, 0.25) is 5.89 Å². The Labute approximate surface area is 91.9 Å². The lowest BCUT2D eigenvalue weighted by Gasteiger charge is -2.06. The Hall–Kier alpha value is -0.820. The summed E-state index contributed by atoms with van der Waals surface area (Å²) in [4.78, 5) is 0. The van der Waals surface area contributed by atoms with Gasteiger partial charge in [0.15, 0.2) is 9.84 Å². The van der Waals surface area contributed by atoms with Gasteiger partial charge in [-0.2, -0.15) is 0 Å². The van der Waals surface area contributed by atoms with Gasteiger partial charge in [0.1, 0.15) is 5.88 Å². The lowest BCUT2D eigenvalue weighted by molar-refractivity contribution is 0.519. The van der Waals surface area contributed by atoms with Crippen molar-refractivity contribution in [1.82, 2.24) is 10.2 Å². The predicted octanol–water partition coefficient (Wildman–Crippen LogP) is 0.407. The van der Waals surface area contributed by atoms with Crippen LogP contribution >= 0.6 is 11.6 Å². The second kappa shape index (κ2) is 3.97. The van der Waals surface area contributed by atoms with Crippen LogP contribution in [0.25, 0.3) is 0 Å². The van der Waals surface area contributed by atoms with Gasteiger partial charge in [-0.3, -0.25) is 0 Å². The molecule has 2 rings (SSSR count). The molecule has 2 heterocycles. The number of nitrogens with one attached hydrogen (secondary N) is 1. The summed E-state index contributed by atoms with van der Waals surface area (Å²) in [6.45, 7) is 0. The number of nitrogens with zero attached hydrogens (tertiary/aromatic N) is 2. The van der Waals surface area contributed by atoms with Gasteiger partial charge in [-0.15, -0.1) is 16.7 Å². The van der Waals surface area contributed by atoms with Crippen LogP contribution in [0.3, 0.4) is 0 Å². The standard InChI is InChI=1S/C7H10ClN3O3S/c8-3-6-10-11-7(14-6)9-5-1-2-15(12,13)4-5/h5H,1-4H2,(H,9,11). The molecule has 8 heteroatoms. The van der Waals surface area contributed by atoms with Gasteiger partial charge in [-0.1, -0.05) is 5.10 Å². The average Bonchev–Trinajstić information content (AvgIpc) is 2.73. The van der Waals surface area contributed by atoms with Crippen LogP contribution in [0.1, 0.15) is 12.3 Å². The van der Waals surface area contributed by atoms with Gasteiger partial charge in [-0.25, -0.2) is 8.42 Å². The van der Waals surface area contributed by atoms with Gasteiger partial charge < -0.3 is 9.73 Å². The van der Waals surface area contributed by atoms with Crippen molar-refractivity contribution < 1.29 is 12.8 Å². The molecule has 0 spiro atoms. The number of aromatic nitrogens is 2. The van der Waals surface area contributed by atoms with Gasteiger partial charge >= 0.3 is 6.01 Å². The topological polar surface area (TPSA) is 85.1 Å². The van der Waals surface area contributed by atoms with Crippen molar-refractivity contribution in [2.75, 3.05) is 16.8 Å². The van der Waals surface area contributed by atoms with E-state index in [1.54, 1.807) is 0 Å². The van der Waals surface area contributed by atoms with Gasteiger partial charge in [0.05, 0.1) is 11.5 Å². The molecule has 0 amide bonds. The third kappa shape index (κ3) is 2.60. The molecule has 0 bridgehead atoms. The molecule has 1 aromatic rings. The third-order valence-electron chi connectivity index (χ3n) is 2.14. The van der Waals surface area contributed by atoms with E-state index in [-0.39, 0.29) is 29.4 Å². The minimum Gasteiger partial charge on any atom is -0.407 e. The number of halogens is 1. The number of alkyl halides is 1. The molecule has 0 aliphatic carbocycles. The zero-order valence-electron chi connectivity index (χ0n) is 7.81. The zero-order valence-corrected chi connectivity index (χ0v) is 9.38. The maximum atomic E-state index is 11.2. The zero-order chi connectivity index (χ0) is 10.9. The largest absolute Gasteiger partial charge is 0.407 e. The summed E-state index contributed by atoms with van der Waals surface area (Å²) in [5.41, 5.74) is 0. The lowest BCUT2D eigenvalue weighted by Crippen LogP contribution is -2.20. The molecule has 84 valence electrons. The molecule has 1 aliphatic heterocycles. The van der Waals surface area contributed by atoms with Crippen LogP contribution in [-0.4, -0.2) is 36.2 Å². The molecular weight excluding hydrogens is 242 g/mol. The minimum atomic E-state index is -2.89. The van der Waals surface area contributed by atoms with E-state index in [9.17, 15) is 8.42 Å². The number of hydrogen-bond donors (Lipinski definition) is 1. The molecule has 1 atom stereocenters. The Bertz CT molecular complexity index is 444. The Balaban J connectivity index is 1.98. The van der Waals surface area contributed by atoms with E-state index in [0.29, 0.717) is 12.3 Å². The molecule has 1 aliphatic rings. The first-order valence-corrected chi connectivity index (χ1v) is 6.80. The highest BCUT2D eigenvalue weighted by molar-refractivity contribution is 7.91. The lowest BCUT2D eigenvalue weighted by atomic mass is 10.3. The van der Waals surface area contributed by atoms with E-state index < -0.39 is 9.84 Å². The second-order valence-electron chi connectivity index (χ2n) is 3.38. The minimum absolute atomic E-state index is 0.117. The molecule has 6 nitrogen and oxygen atoms in total. The highest BCUT2D eigenvalue weighted by Crippen LogP contribution is 2.16. The van der Waals surface area contributed by atoms with Gasteiger partial charge in [0.25, 0.3) is 0 Å². The second-order valence-corrected chi connectivity index (χ2v) is 5.87. The van der Waals surface area contributed by atoms with Crippen LogP contribution in [0.4, 0.5) is 6.01 Å². The molecule has 0 saturated carbocycles. The summed E-state index contributed by atoms with van der Waals surface area (Å²) in [5, 5.41) is 10.2. The summed E-state index contributed by atoms with van der Waals surface area (Å²) in [5.74, 6) is 0.796. The summed E-state index contributed by atoms with van der Waals surface area (Å²) in [6.07, 6.45) is 0.570. The Morgan fingerprint density at radius 3 is 2.87 bits per heavy atom. The fourth-order valence-corrected chi connectivity index (χ4v) is 3.23. The first-order chi connectivity index (χ1) is 7.09.